The van der Waals surface area contributed by atoms with Crippen LogP contribution in [-0.2, 0) is 35.5 Å². The summed E-state index contributed by atoms with van der Waals surface area (Å²) < 4.78 is 11.8. The average Bonchev–Trinajstić information content (AvgIpc) is 3.56. The first kappa shape index (κ1) is 26.6. The number of hydrogen-bond acceptors (Lipinski definition) is 7. The van der Waals surface area contributed by atoms with E-state index in [9.17, 15) is 14.4 Å². The lowest BCUT2D eigenvalue weighted by Gasteiger charge is -2.15. The molecular formula is C34H28N4O5. The van der Waals surface area contributed by atoms with E-state index in [2.05, 4.69) is 15.2 Å². The molecule has 1 saturated carbocycles. The molecule has 1 aliphatic carbocycles. The fraction of sp³-hybridized carbons (Fsp3) is 0.206. The number of nitrogens with one attached hydrogen (secondary N) is 1. The Balaban J connectivity index is 0.985. The second kappa shape index (κ2) is 10.8. The number of H-pyrrole nitrogens is 1. The Bertz CT molecular complexity index is 1820. The summed E-state index contributed by atoms with van der Waals surface area (Å²) in [6.07, 6.45) is 4.66. The van der Waals surface area contributed by atoms with E-state index in [1.807, 2.05) is 60.7 Å². The van der Waals surface area contributed by atoms with Crippen LogP contribution in [0.1, 0.15) is 35.2 Å². The Morgan fingerprint density at radius 3 is 2.28 bits per heavy atom. The standard InChI is InChI=1S/C34H28N4O5/c39-31(16-22-4-2-1-3-5-22)34(13-14-34)32(40)17-23-6-8-25(9-7-23)42-30-12-15-35-28-18-26(10-11-27(28)30)43-33(41)38-20-24-19-36-37-29(24)21-38/h1-12,15,18-19H,13-14,16-17,20-21H2,(H,36,37). The van der Waals surface area contributed by atoms with Crippen LogP contribution < -0.4 is 9.47 Å². The fourth-order valence-corrected chi connectivity index (χ4v) is 5.56. The molecule has 3 aromatic carbocycles. The number of fused-ring (bicyclic) bond motifs is 2. The average molecular weight is 573 g/mol. The molecule has 1 aliphatic heterocycles. The molecule has 0 atom stereocenters. The maximum Gasteiger partial charge on any atom is 0.415 e. The zero-order chi connectivity index (χ0) is 29.4. The normalized spacial score (nSPS) is 14.7. The number of pyridine rings is 1. The second-order valence-corrected chi connectivity index (χ2v) is 11.1. The predicted molar refractivity (Wildman–Crippen MR) is 158 cm³/mol. The first-order valence-corrected chi connectivity index (χ1v) is 14.2. The molecule has 1 N–H and O–H groups in total. The highest BCUT2D eigenvalue weighted by molar-refractivity contribution is 6.11. The van der Waals surface area contributed by atoms with E-state index in [4.69, 9.17) is 9.47 Å². The third kappa shape index (κ3) is 5.37. The van der Waals surface area contributed by atoms with Crippen molar-refractivity contribution in [3.05, 3.63) is 114 Å². The molecule has 9 nitrogen and oxygen atoms in total. The van der Waals surface area contributed by atoms with Crippen LogP contribution in [0, 0.1) is 5.41 Å². The molecule has 3 heterocycles. The lowest BCUT2D eigenvalue weighted by atomic mass is 9.88. The fourth-order valence-electron chi connectivity index (χ4n) is 5.56. The number of carbonyl (C=O) groups is 3. The lowest BCUT2D eigenvalue weighted by molar-refractivity contribution is -0.133. The summed E-state index contributed by atoms with van der Waals surface area (Å²) in [5.41, 5.74) is 3.45. The van der Waals surface area contributed by atoms with Gasteiger partial charge in [0.1, 0.15) is 17.2 Å². The summed E-state index contributed by atoms with van der Waals surface area (Å²) in [6.45, 7) is 0.882. The van der Waals surface area contributed by atoms with Crippen LogP contribution in [0.5, 0.6) is 17.2 Å². The maximum absolute atomic E-state index is 13.2. The Labute approximate surface area is 247 Å². The molecule has 9 heteroatoms. The summed E-state index contributed by atoms with van der Waals surface area (Å²) in [7, 11) is 0. The summed E-state index contributed by atoms with van der Waals surface area (Å²) in [6, 6.07) is 23.9. The number of rotatable bonds is 9. The van der Waals surface area contributed by atoms with Crippen LogP contribution in [0.3, 0.4) is 0 Å². The molecule has 0 bridgehead atoms. The number of amides is 1. The van der Waals surface area contributed by atoms with E-state index in [0.717, 1.165) is 27.8 Å². The Hall–Kier alpha value is -5.31. The van der Waals surface area contributed by atoms with E-state index in [0.29, 0.717) is 48.7 Å². The van der Waals surface area contributed by atoms with Gasteiger partial charge in [-0.1, -0.05) is 42.5 Å². The van der Waals surface area contributed by atoms with Crippen LogP contribution in [0.2, 0.25) is 0 Å². The SMILES string of the molecule is O=C(Oc1ccc2c(Oc3ccc(CC(=O)C4(C(=O)Cc5ccccc5)CC4)cc3)ccnc2c1)N1Cc2cn[nH]c2C1. The lowest BCUT2D eigenvalue weighted by Crippen LogP contribution is -2.28. The molecule has 214 valence electrons. The molecule has 0 radical (unpaired) electrons. The van der Waals surface area contributed by atoms with Gasteiger partial charge in [0.2, 0.25) is 0 Å². The molecule has 1 fully saturated rings. The van der Waals surface area contributed by atoms with E-state index in [-0.39, 0.29) is 24.4 Å². The smallest absolute Gasteiger partial charge is 0.415 e. The van der Waals surface area contributed by atoms with Gasteiger partial charge in [0.25, 0.3) is 0 Å². The molecular weight excluding hydrogens is 544 g/mol. The van der Waals surface area contributed by atoms with Gasteiger partial charge >= 0.3 is 6.09 Å². The number of nitrogens with zero attached hydrogens (tertiary/aromatic N) is 3. The van der Waals surface area contributed by atoms with Crippen LogP contribution in [0.15, 0.2) is 91.3 Å². The Kier molecular flexibility index (Phi) is 6.69. The van der Waals surface area contributed by atoms with E-state index in [1.54, 1.807) is 35.5 Å². The minimum absolute atomic E-state index is 0.00905. The van der Waals surface area contributed by atoms with E-state index in [1.165, 1.54) is 0 Å². The second-order valence-electron chi connectivity index (χ2n) is 11.1. The van der Waals surface area contributed by atoms with Crippen molar-refractivity contribution >= 4 is 28.6 Å². The quantitative estimate of drug-likeness (QED) is 0.217. The van der Waals surface area contributed by atoms with Gasteiger partial charge in [-0.05, 0) is 54.3 Å². The molecule has 2 aliphatic rings. The molecule has 5 aromatic rings. The first-order chi connectivity index (χ1) is 21.0. The summed E-state index contributed by atoms with van der Waals surface area (Å²) in [5.74, 6) is 1.58. The molecule has 43 heavy (non-hydrogen) atoms. The van der Waals surface area contributed by atoms with E-state index >= 15 is 0 Å². The number of benzene rings is 3. The van der Waals surface area contributed by atoms with Crippen LogP contribution in [-0.4, -0.2) is 37.7 Å². The van der Waals surface area contributed by atoms with Gasteiger partial charge in [-0.2, -0.15) is 5.10 Å². The van der Waals surface area contributed by atoms with Crippen LogP contribution in [0.4, 0.5) is 4.79 Å². The van der Waals surface area contributed by atoms with Gasteiger partial charge in [0.15, 0.2) is 11.6 Å². The Morgan fingerprint density at radius 1 is 0.837 bits per heavy atom. The number of aromatic amines is 1. The van der Waals surface area contributed by atoms with Crippen LogP contribution >= 0.6 is 0 Å². The maximum atomic E-state index is 13.2. The van der Waals surface area contributed by atoms with Crippen molar-refractivity contribution < 1.29 is 23.9 Å². The number of ether oxygens (including phenoxy) is 2. The van der Waals surface area contributed by atoms with Gasteiger partial charge in [0.05, 0.1) is 35.9 Å². The zero-order valence-electron chi connectivity index (χ0n) is 23.3. The zero-order valence-corrected chi connectivity index (χ0v) is 23.3. The Morgan fingerprint density at radius 2 is 1.56 bits per heavy atom. The van der Waals surface area contributed by atoms with Crippen molar-refractivity contribution in [2.45, 2.75) is 38.8 Å². The molecule has 0 saturated heterocycles. The highest BCUT2D eigenvalue weighted by Crippen LogP contribution is 2.48. The van der Waals surface area contributed by atoms with Crippen molar-refractivity contribution in [2.75, 3.05) is 0 Å². The van der Waals surface area contributed by atoms with E-state index < -0.39 is 11.5 Å². The number of aromatic nitrogens is 3. The van der Waals surface area contributed by atoms with Gasteiger partial charge < -0.3 is 9.47 Å². The first-order valence-electron chi connectivity index (χ1n) is 14.2. The van der Waals surface area contributed by atoms with Gasteiger partial charge in [-0.3, -0.25) is 24.6 Å². The molecule has 0 unspecified atom stereocenters. The number of carbonyl (C=O) groups excluding carboxylic acids is 3. The van der Waals surface area contributed by atoms with Gasteiger partial charge in [-0.25, -0.2) is 4.79 Å². The minimum atomic E-state index is -0.842. The number of hydrogen-bond donors (Lipinski definition) is 1. The predicted octanol–water partition coefficient (Wildman–Crippen LogP) is 5.97. The van der Waals surface area contributed by atoms with Gasteiger partial charge in [0, 0.05) is 36.1 Å². The van der Waals surface area contributed by atoms with Crippen molar-refractivity contribution in [2.24, 2.45) is 5.41 Å². The summed E-state index contributed by atoms with van der Waals surface area (Å²) in [5, 5.41) is 7.65. The van der Waals surface area contributed by atoms with Crippen molar-refractivity contribution in [3.8, 4) is 17.2 Å². The van der Waals surface area contributed by atoms with Crippen LogP contribution in [0.25, 0.3) is 10.9 Å². The molecule has 1 amide bonds. The van der Waals surface area contributed by atoms with Gasteiger partial charge in [-0.15, -0.1) is 0 Å². The van der Waals surface area contributed by atoms with Crippen molar-refractivity contribution in [1.82, 2.24) is 20.1 Å². The number of ketones is 2. The summed E-state index contributed by atoms with van der Waals surface area (Å²) >= 11 is 0. The monoisotopic (exact) mass is 572 g/mol. The molecule has 0 spiro atoms. The topological polar surface area (TPSA) is 114 Å². The summed E-state index contributed by atoms with van der Waals surface area (Å²) in [4.78, 5) is 44.8. The highest BCUT2D eigenvalue weighted by atomic mass is 16.6. The number of Topliss-reactive ketones (excluding diaryl/α,β-unsaturated/α-hetero) is 2. The molecule has 2 aromatic heterocycles. The molecule has 7 rings (SSSR count). The largest absolute Gasteiger partial charge is 0.457 e. The third-order valence-corrected chi connectivity index (χ3v) is 8.20. The van der Waals surface area contributed by atoms with Crippen molar-refractivity contribution in [3.63, 3.8) is 0 Å². The highest BCUT2D eigenvalue weighted by Gasteiger charge is 2.54. The van der Waals surface area contributed by atoms with Crippen molar-refractivity contribution in [1.29, 1.82) is 0 Å². The minimum Gasteiger partial charge on any atom is -0.457 e. The third-order valence-electron chi connectivity index (χ3n) is 8.20.